The Kier molecular flexibility index (Phi) is 5.81. The van der Waals surface area contributed by atoms with Crippen LogP contribution in [0.5, 0.6) is 0 Å². The fourth-order valence-electron chi connectivity index (χ4n) is 3.36. The molecule has 122 valence electrons. The average molecular weight is 437 g/mol. The van der Waals surface area contributed by atoms with Crippen LogP contribution in [0.15, 0.2) is 45.3 Å². The molecule has 0 bridgehead atoms. The van der Waals surface area contributed by atoms with Crippen molar-refractivity contribution in [1.82, 2.24) is 4.57 Å². The monoisotopic (exact) mass is 435 g/mol. The third-order valence-corrected chi connectivity index (χ3v) is 6.55. The van der Waals surface area contributed by atoms with Gasteiger partial charge in [0.25, 0.3) is 0 Å². The molecule has 0 radical (unpaired) electrons. The molecule has 0 aliphatic carbocycles. The summed E-state index contributed by atoms with van der Waals surface area (Å²) in [4.78, 5) is 0. The number of fused-ring (bicyclic) bond motifs is 3. The third kappa shape index (κ3) is 3.51. The molecular formula is C20H23Br2N. The first-order valence-electron chi connectivity index (χ1n) is 8.59. The molecule has 0 spiro atoms. The van der Waals surface area contributed by atoms with Gasteiger partial charge in [-0.3, -0.25) is 0 Å². The lowest BCUT2D eigenvalue weighted by Gasteiger charge is -2.09. The fourth-order valence-corrected chi connectivity index (χ4v) is 4.24. The van der Waals surface area contributed by atoms with E-state index >= 15 is 0 Å². The second-order valence-corrected chi connectivity index (χ2v) is 7.84. The fraction of sp³-hybridized carbons (Fsp3) is 0.400. The van der Waals surface area contributed by atoms with Gasteiger partial charge in [-0.15, -0.1) is 0 Å². The molecule has 0 aliphatic rings. The number of nitrogens with zero attached hydrogens (tertiary/aromatic N) is 1. The summed E-state index contributed by atoms with van der Waals surface area (Å²) in [5, 5.41) is 2.68. The maximum Gasteiger partial charge on any atom is 0.0647 e. The van der Waals surface area contributed by atoms with Gasteiger partial charge in [0.05, 0.1) is 9.99 Å². The molecule has 2 aromatic carbocycles. The standard InChI is InChI=1S/C20H23Br2N/c1-2-3-4-5-6-9-14-23-18-11-8-7-10-15(18)16-12-13-17(21)19(22)20(16)23/h7-8,10-13H,2-6,9,14H2,1H3. The lowest BCUT2D eigenvalue weighted by molar-refractivity contribution is 0.571. The molecule has 0 N–H and O–H groups in total. The molecule has 0 aliphatic heterocycles. The van der Waals surface area contributed by atoms with Crippen LogP contribution in [-0.4, -0.2) is 4.57 Å². The maximum atomic E-state index is 3.79. The van der Waals surface area contributed by atoms with E-state index in [1.54, 1.807) is 0 Å². The molecule has 0 saturated heterocycles. The van der Waals surface area contributed by atoms with Crippen molar-refractivity contribution >= 4 is 53.7 Å². The Hall–Kier alpha value is -0.800. The quantitative estimate of drug-likeness (QED) is 0.334. The van der Waals surface area contributed by atoms with Gasteiger partial charge in [0.1, 0.15) is 0 Å². The van der Waals surface area contributed by atoms with E-state index in [4.69, 9.17) is 0 Å². The number of benzene rings is 2. The number of aryl methyl sites for hydroxylation is 1. The van der Waals surface area contributed by atoms with E-state index in [0.717, 1.165) is 15.5 Å². The van der Waals surface area contributed by atoms with E-state index < -0.39 is 0 Å². The Labute approximate surface area is 155 Å². The van der Waals surface area contributed by atoms with Gasteiger partial charge < -0.3 is 4.57 Å². The number of para-hydroxylation sites is 1. The molecule has 1 aromatic heterocycles. The molecule has 1 nitrogen and oxygen atoms in total. The summed E-state index contributed by atoms with van der Waals surface area (Å²) in [5.74, 6) is 0. The zero-order valence-electron chi connectivity index (χ0n) is 13.6. The van der Waals surface area contributed by atoms with Crippen molar-refractivity contribution in [2.45, 2.75) is 52.0 Å². The Morgan fingerprint density at radius 2 is 1.57 bits per heavy atom. The predicted molar refractivity (Wildman–Crippen MR) is 108 cm³/mol. The smallest absolute Gasteiger partial charge is 0.0647 e. The van der Waals surface area contributed by atoms with Crippen molar-refractivity contribution in [2.75, 3.05) is 0 Å². The van der Waals surface area contributed by atoms with E-state index in [9.17, 15) is 0 Å². The zero-order chi connectivity index (χ0) is 16.2. The van der Waals surface area contributed by atoms with Crippen LogP contribution in [0, 0.1) is 0 Å². The second kappa shape index (κ2) is 7.85. The number of hydrogen-bond acceptors (Lipinski definition) is 0. The Morgan fingerprint density at radius 3 is 2.39 bits per heavy atom. The first kappa shape index (κ1) is 17.0. The van der Waals surface area contributed by atoms with Crippen molar-refractivity contribution in [3.05, 3.63) is 45.3 Å². The predicted octanol–water partition coefficient (Wildman–Crippen LogP) is 7.68. The first-order chi connectivity index (χ1) is 11.2. The minimum Gasteiger partial charge on any atom is -0.340 e. The highest BCUT2D eigenvalue weighted by Gasteiger charge is 2.14. The van der Waals surface area contributed by atoms with Crippen molar-refractivity contribution in [3.8, 4) is 0 Å². The van der Waals surface area contributed by atoms with E-state index in [-0.39, 0.29) is 0 Å². The summed E-state index contributed by atoms with van der Waals surface area (Å²) in [6.07, 6.45) is 7.98. The molecule has 1 heterocycles. The van der Waals surface area contributed by atoms with Crippen molar-refractivity contribution in [2.24, 2.45) is 0 Å². The van der Waals surface area contributed by atoms with Crippen LogP contribution in [0.2, 0.25) is 0 Å². The van der Waals surface area contributed by atoms with Gasteiger partial charge in [0.2, 0.25) is 0 Å². The summed E-state index contributed by atoms with van der Waals surface area (Å²) in [7, 11) is 0. The molecule has 0 unspecified atom stereocenters. The summed E-state index contributed by atoms with van der Waals surface area (Å²) in [6.45, 7) is 3.36. The minimum absolute atomic E-state index is 1.09. The SMILES string of the molecule is CCCCCCCCn1c2ccccc2c2ccc(Br)c(Br)c21. The Morgan fingerprint density at radius 1 is 0.826 bits per heavy atom. The molecule has 23 heavy (non-hydrogen) atoms. The first-order valence-corrected chi connectivity index (χ1v) is 10.2. The Bertz CT molecular complexity index is 804. The van der Waals surface area contributed by atoms with Gasteiger partial charge in [-0.1, -0.05) is 63.3 Å². The van der Waals surface area contributed by atoms with E-state index in [1.165, 1.54) is 60.3 Å². The highest BCUT2D eigenvalue weighted by Crippen LogP contribution is 2.37. The van der Waals surface area contributed by atoms with Gasteiger partial charge in [-0.05, 0) is 50.4 Å². The number of hydrogen-bond donors (Lipinski definition) is 0. The van der Waals surface area contributed by atoms with Gasteiger partial charge in [0, 0.05) is 27.3 Å². The van der Waals surface area contributed by atoms with Gasteiger partial charge in [-0.2, -0.15) is 0 Å². The van der Waals surface area contributed by atoms with Crippen LogP contribution in [-0.2, 0) is 6.54 Å². The number of halogens is 2. The van der Waals surface area contributed by atoms with Crippen LogP contribution in [0.4, 0.5) is 0 Å². The normalized spacial score (nSPS) is 11.6. The van der Waals surface area contributed by atoms with Crippen molar-refractivity contribution in [1.29, 1.82) is 0 Å². The molecule has 0 atom stereocenters. The number of rotatable bonds is 7. The molecule has 3 rings (SSSR count). The van der Waals surface area contributed by atoms with E-state index in [1.807, 2.05) is 0 Å². The average Bonchev–Trinajstić information content (AvgIpc) is 2.89. The molecule has 3 aromatic rings. The summed E-state index contributed by atoms with van der Waals surface area (Å²) < 4.78 is 4.77. The molecular weight excluding hydrogens is 414 g/mol. The highest BCUT2D eigenvalue weighted by atomic mass is 79.9. The maximum absolute atomic E-state index is 3.79. The minimum atomic E-state index is 1.09. The largest absolute Gasteiger partial charge is 0.340 e. The lowest BCUT2D eigenvalue weighted by atomic mass is 10.1. The second-order valence-electron chi connectivity index (χ2n) is 6.19. The third-order valence-electron chi connectivity index (χ3n) is 4.56. The van der Waals surface area contributed by atoms with Crippen LogP contribution >= 0.6 is 31.9 Å². The van der Waals surface area contributed by atoms with Crippen LogP contribution in [0.3, 0.4) is 0 Å². The summed E-state index contributed by atoms with van der Waals surface area (Å²) >= 11 is 7.44. The van der Waals surface area contributed by atoms with Crippen molar-refractivity contribution < 1.29 is 0 Å². The van der Waals surface area contributed by atoms with E-state index in [0.29, 0.717) is 0 Å². The van der Waals surface area contributed by atoms with E-state index in [2.05, 4.69) is 79.7 Å². The molecule has 0 fully saturated rings. The summed E-state index contributed by atoms with van der Waals surface area (Å²) in [5.41, 5.74) is 2.66. The van der Waals surface area contributed by atoms with Crippen molar-refractivity contribution in [3.63, 3.8) is 0 Å². The van der Waals surface area contributed by atoms with Crippen LogP contribution in [0.1, 0.15) is 45.4 Å². The Balaban J connectivity index is 1.92. The highest BCUT2D eigenvalue weighted by molar-refractivity contribution is 9.13. The number of unbranched alkanes of at least 4 members (excludes halogenated alkanes) is 5. The van der Waals surface area contributed by atoms with Gasteiger partial charge >= 0.3 is 0 Å². The molecule has 0 saturated carbocycles. The van der Waals surface area contributed by atoms with Crippen LogP contribution < -0.4 is 0 Å². The summed E-state index contributed by atoms with van der Waals surface area (Å²) in [6, 6.07) is 13.1. The lowest BCUT2D eigenvalue weighted by Crippen LogP contribution is -1.98. The van der Waals surface area contributed by atoms with Gasteiger partial charge in [-0.25, -0.2) is 0 Å². The molecule has 3 heteroatoms. The topological polar surface area (TPSA) is 4.93 Å². The van der Waals surface area contributed by atoms with Crippen LogP contribution in [0.25, 0.3) is 21.8 Å². The number of aromatic nitrogens is 1. The van der Waals surface area contributed by atoms with Gasteiger partial charge in [0.15, 0.2) is 0 Å². The zero-order valence-corrected chi connectivity index (χ0v) is 16.8. The molecule has 0 amide bonds.